The summed E-state index contributed by atoms with van der Waals surface area (Å²) >= 11 is 0. The lowest BCUT2D eigenvalue weighted by Gasteiger charge is -2.03. The van der Waals surface area contributed by atoms with E-state index in [4.69, 9.17) is 5.73 Å². The molecule has 7 nitrogen and oxygen atoms in total. The zero-order valence-electron chi connectivity index (χ0n) is 10.9. The highest BCUT2D eigenvalue weighted by molar-refractivity contribution is 5.82. The molecule has 0 saturated heterocycles. The van der Waals surface area contributed by atoms with E-state index in [1.807, 2.05) is 18.2 Å². The SMILES string of the molecule is NCc1cccc(-c2nc3ccc([N+](=O)[O-])cc3n2O)c1. The molecule has 0 aliphatic carbocycles. The quantitative estimate of drug-likeness (QED) is 0.436. The van der Waals surface area contributed by atoms with E-state index in [9.17, 15) is 15.3 Å². The van der Waals surface area contributed by atoms with Crippen LogP contribution in [0.4, 0.5) is 5.69 Å². The van der Waals surface area contributed by atoms with Crippen LogP contribution in [-0.4, -0.2) is 19.8 Å². The van der Waals surface area contributed by atoms with Gasteiger partial charge in [-0.2, -0.15) is 4.73 Å². The third kappa shape index (κ3) is 2.19. The van der Waals surface area contributed by atoms with E-state index >= 15 is 0 Å². The minimum absolute atomic E-state index is 0.0973. The van der Waals surface area contributed by atoms with Crippen LogP contribution >= 0.6 is 0 Å². The highest BCUT2D eigenvalue weighted by atomic mass is 16.6. The molecule has 1 aromatic heterocycles. The lowest BCUT2D eigenvalue weighted by molar-refractivity contribution is -0.384. The van der Waals surface area contributed by atoms with Crippen LogP contribution in [0.5, 0.6) is 0 Å². The first-order chi connectivity index (χ1) is 10.1. The first kappa shape index (κ1) is 13.1. The predicted octanol–water partition coefficient (Wildman–Crippen LogP) is 2.31. The summed E-state index contributed by atoms with van der Waals surface area (Å²) in [6.45, 7) is 0.380. The van der Waals surface area contributed by atoms with E-state index in [1.165, 1.54) is 18.2 Å². The maximum Gasteiger partial charge on any atom is 0.271 e. The smallest absolute Gasteiger partial charge is 0.271 e. The van der Waals surface area contributed by atoms with Crippen molar-refractivity contribution in [1.29, 1.82) is 0 Å². The molecule has 106 valence electrons. The fourth-order valence-electron chi connectivity index (χ4n) is 2.19. The number of hydrogen-bond acceptors (Lipinski definition) is 5. The van der Waals surface area contributed by atoms with E-state index in [2.05, 4.69) is 4.98 Å². The molecule has 0 bridgehead atoms. The molecular formula is C14H12N4O3. The van der Waals surface area contributed by atoms with Crippen molar-refractivity contribution in [2.45, 2.75) is 6.54 Å². The van der Waals surface area contributed by atoms with Gasteiger partial charge in [0, 0.05) is 24.2 Å². The molecule has 7 heteroatoms. The zero-order valence-corrected chi connectivity index (χ0v) is 10.9. The van der Waals surface area contributed by atoms with Crippen LogP contribution in [0.15, 0.2) is 42.5 Å². The Morgan fingerprint density at radius 3 is 2.81 bits per heavy atom. The number of aromatic nitrogens is 2. The van der Waals surface area contributed by atoms with Gasteiger partial charge in [0.05, 0.1) is 10.4 Å². The van der Waals surface area contributed by atoms with E-state index in [0.717, 1.165) is 10.3 Å². The van der Waals surface area contributed by atoms with Crippen molar-refractivity contribution in [2.24, 2.45) is 5.73 Å². The number of hydrogen-bond donors (Lipinski definition) is 2. The van der Waals surface area contributed by atoms with Crippen molar-refractivity contribution in [3.8, 4) is 11.4 Å². The molecule has 0 unspecified atom stereocenters. The monoisotopic (exact) mass is 284 g/mol. The molecule has 3 aromatic rings. The standard InChI is InChI=1S/C14H12N4O3/c15-8-9-2-1-3-10(6-9)14-16-12-5-4-11(18(20)21)7-13(12)17(14)19/h1-7,19H,8,15H2. The Bertz CT molecular complexity index is 841. The van der Waals surface area contributed by atoms with Gasteiger partial charge in [-0.1, -0.05) is 18.2 Å². The Hall–Kier alpha value is -2.93. The van der Waals surface area contributed by atoms with Crippen LogP contribution in [-0.2, 0) is 6.54 Å². The third-order valence-corrected chi connectivity index (χ3v) is 3.25. The van der Waals surface area contributed by atoms with E-state index in [0.29, 0.717) is 23.4 Å². The number of nitro benzene ring substituents is 1. The van der Waals surface area contributed by atoms with Gasteiger partial charge in [-0.3, -0.25) is 10.1 Å². The Kier molecular flexibility index (Phi) is 3.03. The van der Waals surface area contributed by atoms with Crippen molar-refractivity contribution in [1.82, 2.24) is 9.71 Å². The largest absolute Gasteiger partial charge is 0.426 e. The Labute approximate surface area is 119 Å². The lowest BCUT2D eigenvalue weighted by atomic mass is 10.1. The number of imidazole rings is 1. The molecule has 0 amide bonds. The van der Waals surface area contributed by atoms with E-state index < -0.39 is 4.92 Å². The van der Waals surface area contributed by atoms with Crippen LogP contribution in [0.2, 0.25) is 0 Å². The van der Waals surface area contributed by atoms with E-state index in [1.54, 1.807) is 6.07 Å². The van der Waals surface area contributed by atoms with Crippen molar-refractivity contribution in [2.75, 3.05) is 0 Å². The Balaban J connectivity index is 2.19. The van der Waals surface area contributed by atoms with Gasteiger partial charge < -0.3 is 10.9 Å². The molecule has 0 aliphatic heterocycles. The maximum atomic E-state index is 10.8. The number of nitrogens with zero attached hydrogens (tertiary/aromatic N) is 3. The van der Waals surface area contributed by atoms with Gasteiger partial charge in [0.15, 0.2) is 5.82 Å². The van der Waals surface area contributed by atoms with Crippen LogP contribution in [0.1, 0.15) is 5.56 Å². The van der Waals surface area contributed by atoms with Gasteiger partial charge in [-0.05, 0) is 17.7 Å². The summed E-state index contributed by atoms with van der Waals surface area (Å²) in [5.74, 6) is 0.320. The molecule has 3 N–H and O–H groups in total. The van der Waals surface area contributed by atoms with Crippen molar-refractivity contribution in [3.05, 3.63) is 58.1 Å². The molecule has 0 atom stereocenters. The molecule has 0 radical (unpaired) electrons. The second-order valence-corrected chi connectivity index (χ2v) is 4.58. The minimum atomic E-state index is -0.513. The van der Waals surface area contributed by atoms with Crippen molar-refractivity contribution in [3.63, 3.8) is 0 Å². The van der Waals surface area contributed by atoms with Crippen molar-refractivity contribution < 1.29 is 10.1 Å². The van der Waals surface area contributed by atoms with Crippen LogP contribution in [0.3, 0.4) is 0 Å². The van der Waals surface area contributed by atoms with Crippen LogP contribution in [0, 0.1) is 10.1 Å². The average Bonchev–Trinajstić information content (AvgIpc) is 2.84. The lowest BCUT2D eigenvalue weighted by Crippen LogP contribution is -1.98. The number of benzene rings is 2. The summed E-state index contributed by atoms with van der Waals surface area (Å²) in [6, 6.07) is 11.5. The van der Waals surface area contributed by atoms with Gasteiger partial charge in [0.1, 0.15) is 5.52 Å². The highest BCUT2D eigenvalue weighted by Gasteiger charge is 2.15. The summed E-state index contributed by atoms with van der Waals surface area (Å²) in [5.41, 5.74) is 7.87. The average molecular weight is 284 g/mol. The fraction of sp³-hybridized carbons (Fsp3) is 0.0714. The first-order valence-corrected chi connectivity index (χ1v) is 6.25. The molecule has 21 heavy (non-hydrogen) atoms. The summed E-state index contributed by atoms with van der Waals surface area (Å²) in [6.07, 6.45) is 0. The van der Waals surface area contributed by atoms with Crippen molar-refractivity contribution >= 4 is 16.7 Å². The summed E-state index contributed by atoms with van der Waals surface area (Å²) in [7, 11) is 0. The predicted molar refractivity (Wildman–Crippen MR) is 76.9 cm³/mol. The molecule has 0 saturated carbocycles. The molecule has 2 aromatic carbocycles. The van der Waals surface area contributed by atoms with E-state index in [-0.39, 0.29) is 11.2 Å². The van der Waals surface area contributed by atoms with Crippen LogP contribution < -0.4 is 5.73 Å². The number of nitrogens with two attached hydrogens (primary N) is 1. The van der Waals surface area contributed by atoms with Crippen LogP contribution in [0.25, 0.3) is 22.4 Å². The number of non-ortho nitro benzene ring substituents is 1. The van der Waals surface area contributed by atoms with Gasteiger partial charge in [0.25, 0.3) is 5.69 Å². The highest BCUT2D eigenvalue weighted by Crippen LogP contribution is 2.26. The maximum absolute atomic E-state index is 10.8. The minimum Gasteiger partial charge on any atom is -0.426 e. The number of fused-ring (bicyclic) bond motifs is 1. The van der Waals surface area contributed by atoms with Gasteiger partial charge in [-0.25, -0.2) is 4.98 Å². The molecule has 0 fully saturated rings. The number of rotatable bonds is 3. The normalized spacial score (nSPS) is 10.9. The van der Waals surface area contributed by atoms with Gasteiger partial charge in [0.2, 0.25) is 0 Å². The van der Waals surface area contributed by atoms with Gasteiger partial charge in [-0.15, -0.1) is 0 Å². The third-order valence-electron chi connectivity index (χ3n) is 3.25. The fourth-order valence-corrected chi connectivity index (χ4v) is 2.19. The Morgan fingerprint density at radius 1 is 1.29 bits per heavy atom. The summed E-state index contributed by atoms with van der Waals surface area (Å²) < 4.78 is 0.859. The molecule has 0 aliphatic rings. The zero-order chi connectivity index (χ0) is 15.0. The second kappa shape index (κ2) is 4.88. The molecule has 1 heterocycles. The second-order valence-electron chi connectivity index (χ2n) is 4.58. The molecule has 3 rings (SSSR count). The Morgan fingerprint density at radius 2 is 2.10 bits per heavy atom. The first-order valence-electron chi connectivity index (χ1n) is 6.25. The topological polar surface area (TPSA) is 107 Å². The molecule has 0 spiro atoms. The summed E-state index contributed by atoms with van der Waals surface area (Å²) in [4.78, 5) is 14.6. The molecular weight excluding hydrogens is 272 g/mol. The summed E-state index contributed by atoms with van der Waals surface area (Å²) in [5, 5.41) is 21.0. The van der Waals surface area contributed by atoms with Gasteiger partial charge >= 0.3 is 0 Å². The number of nitro groups is 1.